The number of rotatable bonds is 2. The van der Waals surface area contributed by atoms with Crippen LogP contribution in [0.25, 0.3) is 0 Å². The lowest BCUT2D eigenvalue weighted by molar-refractivity contribution is 0.166. The molecule has 2 unspecified atom stereocenters. The number of thioether (sulfide) groups is 1. The summed E-state index contributed by atoms with van der Waals surface area (Å²) < 4.78 is 10.6. The van der Waals surface area contributed by atoms with Gasteiger partial charge in [-0.25, -0.2) is 0 Å². The molecule has 0 aromatic carbocycles. The molecule has 3 heterocycles. The molecule has 0 bridgehead atoms. The third-order valence-electron chi connectivity index (χ3n) is 3.39. The van der Waals surface area contributed by atoms with Gasteiger partial charge in [-0.2, -0.15) is 16.7 Å². The lowest BCUT2D eigenvalue weighted by Crippen LogP contribution is -2.37. The molecule has 94 valence electrons. The smallest absolute Gasteiger partial charge is 0.249 e. The summed E-state index contributed by atoms with van der Waals surface area (Å²) in [5.41, 5.74) is 5.63. The van der Waals surface area contributed by atoms with Crippen LogP contribution in [-0.2, 0) is 10.3 Å². The molecule has 2 aliphatic rings. The summed E-state index contributed by atoms with van der Waals surface area (Å²) in [6.45, 7) is 1.15. The molecule has 6 heteroatoms. The van der Waals surface area contributed by atoms with Crippen LogP contribution in [0, 0.1) is 0 Å². The van der Waals surface area contributed by atoms with E-state index in [-0.39, 0.29) is 0 Å². The van der Waals surface area contributed by atoms with Crippen LogP contribution in [0.2, 0.25) is 0 Å². The fourth-order valence-corrected chi connectivity index (χ4v) is 3.50. The zero-order valence-corrected chi connectivity index (χ0v) is 10.5. The number of nitrogens with zero attached hydrogens (tertiary/aromatic N) is 2. The molecule has 0 radical (unpaired) electrons. The second kappa shape index (κ2) is 4.59. The van der Waals surface area contributed by atoms with Crippen LogP contribution in [0.4, 0.5) is 0 Å². The highest BCUT2D eigenvalue weighted by molar-refractivity contribution is 7.99. The lowest BCUT2D eigenvalue weighted by atomic mass is 10.0. The zero-order valence-electron chi connectivity index (χ0n) is 9.72. The van der Waals surface area contributed by atoms with Gasteiger partial charge >= 0.3 is 0 Å². The van der Waals surface area contributed by atoms with Crippen LogP contribution in [0.1, 0.15) is 42.6 Å². The van der Waals surface area contributed by atoms with Crippen molar-refractivity contribution in [2.75, 3.05) is 19.0 Å². The maximum atomic E-state index is 6.20. The molecular formula is C11H17N3O2S. The van der Waals surface area contributed by atoms with Crippen molar-refractivity contribution < 1.29 is 9.26 Å². The third kappa shape index (κ3) is 2.21. The SMILES string of the molecule is NC1(c2nc(C3CCCCS3)no2)CCOC1. The molecule has 0 spiro atoms. The molecule has 5 nitrogen and oxygen atoms in total. The zero-order chi connectivity index (χ0) is 11.7. The molecule has 17 heavy (non-hydrogen) atoms. The fourth-order valence-electron chi connectivity index (χ4n) is 2.26. The van der Waals surface area contributed by atoms with Crippen molar-refractivity contribution in [3.8, 4) is 0 Å². The van der Waals surface area contributed by atoms with Crippen molar-refractivity contribution in [1.29, 1.82) is 0 Å². The van der Waals surface area contributed by atoms with Gasteiger partial charge in [0.1, 0.15) is 5.54 Å². The molecule has 1 aromatic rings. The lowest BCUT2D eigenvalue weighted by Gasteiger charge is -2.18. The average molecular weight is 255 g/mol. The van der Waals surface area contributed by atoms with E-state index in [1.165, 1.54) is 18.6 Å². The number of ether oxygens (including phenoxy) is 1. The maximum Gasteiger partial charge on any atom is 0.249 e. The minimum Gasteiger partial charge on any atom is -0.379 e. The monoisotopic (exact) mass is 255 g/mol. The molecule has 2 N–H and O–H groups in total. The number of hydrogen-bond acceptors (Lipinski definition) is 6. The van der Waals surface area contributed by atoms with Gasteiger partial charge in [0.2, 0.25) is 5.89 Å². The van der Waals surface area contributed by atoms with E-state index >= 15 is 0 Å². The van der Waals surface area contributed by atoms with Gasteiger partial charge in [0, 0.05) is 6.61 Å². The van der Waals surface area contributed by atoms with Crippen molar-refractivity contribution in [2.24, 2.45) is 5.73 Å². The van der Waals surface area contributed by atoms with E-state index in [0.717, 1.165) is 18.7 Å². The second-order valence-electron chi connectivity index (χ2n) is 4.77. The van der Waals surface area contributed by atoms with Crippen LogP contribution in [0.15, 0.2) is 4.52 Å². The standard InChI is InChI=1S/C11H17N3O2S/c12-11(4-5-15-7-11)10-13-9(14-16-10)8-3-1-2-6-17-8/h8H,1-7,12H2. The molecule has 0 aliphatic carbocycles. The number of aromatic nitrogens is 2. The Balaban J connectivity index is 1.77. The van der Waals surface area contributed by atoms with E-state index in [1.807, 2.05) is 11.8 Å². The number of nitrogens with two attached hydrogens (primary N) is 1. The third-order valence-corrected chi connectivity index (χ3v) is 4.76. The highest BCUT2D eigenvalue weighted by Gasteiger charge is 2.38. The predicted molar refractivity (Wildman–Crippen MR) is 64.6 cm³/mol. The summed E-state index contributed by atoms with van der Waals surface area (Å²) in [6, 6.07) is 0. The summed E-state index contributed by atoms with van der Waals surface area (Å²) in [6.07, 6.45) is 4.43. The topological polar surface area (TPSA) is 74.2 Å². The van der Waals surface area contributed by atoms with Crippen LogP contribution < -0.4 is 5.73 Å². The van der Waals surface area contributed by atoms with Crippen LogP contribution in [0.3, 0.4) is 0 Å². The van der Waals surface area contributed by atoms with Gasteiger partial charge in [-0.3, -0.25) is 0 Å². The minimum atomic E-state index is -0.565. The Morgan fingerprint density at radius 3 is 3.06 bits per heavy atom. The molecular weight excluding hydrogens is 238 g/mol. The highest BCUT2D eigenvalue weighted by atomic mass is 32.2. The van der Waals surface area contributed by atoms with E-state index in [0.29, 0.717) is 24.4 Å². The molecule has 2 fully saturated rings. The molecule has 2 saturated heterocycles. The molecule has 0 amide bonds. The van der Waals surface area contributed by atoms with E-state index in [2.05, 4.69) is 10.1 Å². The van der Waals surface area contributed by atoms with Gasteiger partial charge < -0.3 is 15.0 Å². The first-order valence-corrected chi connectivity index (χ1v) is 7.15. The Morgan fingerprint density at radius 1 is 1.41 bits per heavy atom. The Morgan fingerprint density at radius 2 is 2.35 bits per heavy atom. The Bertz CT molecular complexity index is 384. The molecule has 3 rings (SSSR count). The average Bonchev–Trinajstić information content (AvgIpc) is 2.99. The second-order valence-corrected chi connectivity index (χ2v) is 6.08. The predicted octanol–water partition coefficient (Wildman–Crippen LogP) is 1.60. The summed E-state index contributed by atoms with van der Waals surface area (Å²) in [5, 5.41) is 4.47. The van der Waals surface area contributed by atoms with Crippen molar-refractivity contribution in [1.82, 2.24) is 10.1 Å². The quantitative estimate of drug-likeness (QED) is 0.865. The van der Waals surface area contributed by atoms with E-state index < -0.39 is 5.54 Å². The van der Waals surface area contributed by atoms with Gasteiger partial charge in [-0.15, -0.1) is 0 Å². The fraction of sp³-hybridized carbons (Fsp3) is 0.818. The van der Waals surface area contributed by atoms with Gasteiger partial charge in [0.25, 0.3) is 0 Å². The Hall–Kier alpha value is -0.590. The summed E-state index contributed by atoms with van der Waals surface area (Å²) >= 11 is 1.91. The summed E-state index contributed by atoms with van der Waals surface area (Å²) in [5.74, 6) is 2.53. The summed E-state index contributed by atoms with van der Waals surface area (Å²) in [7, 11) is 0. The van der Waals surface area contributed by atoms with E-state index in [9.17, 15) is 0 Å². The van der Waals surface area contributed by atoms with E-state index in [1.54, 1.807) is 0 Å². The van der Waals surface area contributed by atoms with Gasteiger partial charge in [-0.05, 0) is 25.0 Å². The Labute approximate surface area is 104 Å². The van der Waals surface area contributed by atoms with Crippen LogP contribution in [0.5, 0.6) is 0 Å². The van der Waals surface area contributed by atoms with Crippen LogP contribution >= 0.6 is 11.8 Å². The first-order chi connectivity index (χ1) is 8.28. The van der Waals surface area contributed by atoms with Crippen LogP contribution in [-0.4, -0.2) is 29.1 Å². The normalized spacial score (nSPS) is 34.1. The van der Waals surface area contributed by atoms with Crippen molar-refractivity contribution >= 4 is 11.8 Å². The van der Waals surface area contributed by atoms with Gasteiger partial charge in [0.05, 0.1) is 11.9 Å². The van der Waals surface area contributed by atoms with Crippen molar-refractivity contribution in [2.45, 2.75) is 36.5 Å². The number of hydrogen-bond donors (Lipinski definition) is 1. The molecule has 2 atom stereocenters. The van der Waals surface area contributed by atoms with Gasteiger partial charge in [-0.1, -0.05) is 11.6 Å². The summed E-state index contributed by atoms with van der Waals surface area (Å²) in [4.78, 5) is 4.48. The minimum absolute atomic E-state index is 0.382. The largest absolute Gasteiger partial charge is 0.379 e. The molecule has 0 saturated carbocycles. The Kier molecular flexibility index (Phi) is 3.10. The highest BCUT2D eigenvalue weighted by Crippen LogP contribution is 2.37. The maximum absolute atomic E-state index is 6.20. The molecule has 2 aliphatic heterocycles. The van der Waals surface area contributed by atoms with E-state index in [4.69, 9.17) is 15.0 Å². The van der Waals surface area contributed by atoms with Gasteiger partial charge in [0.15, 0.2) is 5.82 Å². The van der Waals surface area contributed by atoms with Crippen molar-refractivity contribution in [3.63, 3.8) is 0 Å². The first-order valence-electron chi connectivity index (χ1n) is 6.10. The first kappa shape index (κ1) is 11.5. The van der Waals surface area contributed by atoms with Crippen molar-refractivity contribution in [3.05, 3.63) is 11.7 Å². The molecule has 1 aromatic heterocycles.